The van der Waals surface area contributed by atoms with Crippen molar-refractivity contribution in [1.29, 1.82) is 0 Å². The Kier molecular flexibility index (Phi) is 7.10. The average Bonchev–Trinajstić information content (AvgIpc) is 3.01. The number of fused-ring (bicyclic) bond motifs is 1. The first-order valence-electron chi connectivity index (χ1n) is 9.45. The number of hydrogen-bond acceptors (Lipinski definition) is 1. The van der Waals surface area contributed by atoms with Crippen molar-refractivity contribution in [2.45, 2.75) is 51.2 Å². The summed E-state index contributed by atoms with van der Waals surface area (Å²) in [6, 6.07) is 15.0. The lowest BCUT2D eigenvalue weighted by Gasteiger charge is -2.22. The summed E-state index contributed by atoms with van der Waals surface area (Å²) in [5.74, 6) is 0. The van der Waals surface area contributed by atoms with Crippen molar-refractivity contribution in [3.63, 3.8) is 0 Å². The van der Waals surface area contributed by atoms with Gasteiger partial charge in [-0.05, 0) is 42.2 Å². The van der Waals surface area contributed by atoms with Crippen molar-refractivity contribution in [2.24, 2.45) is 0 Å². The van der Waals surface area contributed by atoms with E-state index in [0.29, 0.717) is 11.1 Å². The third-order valence-corrected chi connectivity index (χ3v) is 6.00. The Morgan fingerprint density at radius 1 is 0.963 bits per heavy atom. The van der Waals surface area contributed by atoms with Gasteiger partial charge in [0.05, 0.1) is 0 Å². The Morgan fingerprint density at radius 2 is 1.74 bits per heavy atom. The summed E-state index contributed by atoms with van der Waals surface area (Å²) in [5.41, 5.74) is 3.69. The number of aromatic nitrogens is 1. The first kappa shape index (κ1) is 20.5. The molecule has 3 aromatic rings. The maximum atomic E-state index is 6.39. The normalized spacial score (nSPS) is 15.0. The van der Waals surface area contributed by atoms with E-state index in [1.54, 1.807) is 0 Å². The van der Waals surface area contributed by atoms with E-state index in [9.17, 15) is 0 Å². The summed E-state index contributed by atoms with van der Waals surface area (Å²) in [4.78, 5) is 0. The van der Waals surface area contributed by atoms with Crippen LogP contribution in [-0.4, -0.2) is 10.6 Å². The molecular weight excluding hydrogens is 399 g/mol. The van der Waals surface area contributed by atoms with Crippen LogP contribution in [0.5, 0.6) is 0 Å². The molecule has 0 spiro atoms. The van der Waals surface area contributed by atoms with E-state index >= 15 is 0 Å². The number of nitrogens with one attached hydrogen (secondary N) is 1. The van der Waals surface area contributed by atoms with E-state index < -0.39 is 0 Å². The van der Waals surface area contributed by atoms with Crippen LogP contribution in [0.15, 0.2) is 48.7 Å². The van der Waals surface area contributed by atoms with Crippen LogP contribution >= 0.6 is 35.6 Å². The van der Waals surface area contributed by atoms with Gasteiger partial charge in [-0.3, -0.25) is 0 Å². The molecule has 144 valence electrons. The van der Waals surface area contributed by atoms with Gasteiger partial charge in [0.2, 0.25) is 0 Å². The standard InChI is InChI=1S/C22H24Cl2N2.ClH/c23-18-11-10-16(21(24)12-18)14-26-15-17(20-8-4-5-9-22(20)26)13-25-19-6-2-1-3-7-19;/h4-5,8-12,15,19,25H,1-3,6-7,13-14H2;1H. The molecule has 1 aliphatic carbocycles. The molecule has 5 heteroatoms. The Morgan fingerprint density at radius 3 is 2.52 bits per heavy atom. The van der Waals surface area contributed by atoms with Crippen LogP contribution < -0.4 is 5.32 Å². The highest BCUT2D eigenvalue weighted by molar-refractivity contribution is 6.35. The number of para-hydroxylation sites is 1. The lowest BCUT2D eigenvalue weighted by Crippen LogP contribution is -2.30. The monoisotopic (exact) mass is 422 g/mol. The summed E-state index contributed by atoms with van der Waals surface area (Å²) in [7, 11) is 0. The first-order chi connectivity index (χ1) is 12.7. The molecule has 1 N–H and O–H groups in total. The van der Waals surface area contributed by atoms with E-state index in [2.05, 4.69) is 40.3 Å². The van der Waals surface area contributed by atoms with Crippen LogP contribution in [0, 0.1) is 0 Å². The van der Waals surface area contributed by atoms with E-state index in [-0.39, 0.29) is 12.4 Å². The van der Waals surface area contributed by atoms with Crippen molar-refractivity contribution < 1.29 is 0 Å². The second-order valence-corrected chi connectivity index (χ2v) is 8.09. The molecule has 1 aliphatic rings. The molecule has 1 saturated carbocycles. The largest absolute Gasteiger partial charge is 0.343 e. The highest BCUT2D eigenvalue weighted by Gasteiger charge is 2.15. The van der Waals surface area contributed by atoms with Crippen LogP contribution in [0.2, 0.25) is 10.0 Å². The van der Waals surface area contributed by atoms with Gasteiger partial charge in [0.25, 0.3) is 0 Å². The molecule has 1 heterocycles. The molecule has 0 saturated heterocycles. The predicted molar refractivity (Wildman–Crippen MR) is 118 cm³/mol. The molecule has 0 unspecified atom stereocenters. The highest BCUT2D eigenvalue weighted by atomic mass is 35.5. The van der Waals surface area contributed by atoms with Gasteiger partial charge in [0, 0.05) is 46.3 Å². The fourth-order valence-electron chi connectivity index (χ4n) is 3.99. The molecule has 1 fully saturated rings. The summed E-state index contributed by atoms with van der Waals surface area (Å²) in [6.45, 7) is 1.67. The van der Waals surface area contributed by atoms with E-state index in [1.165, 1.54) is 48.6 Å². The van der Waals surface area contributed by atoms with Gasteiger partial charge >= 0.3 is 0 Å². The molecule has 2 aromatic carbocycles. The van der Waals surface area contributed by atoms with Gasteiger partial charge in [-0.15, -0.1) is 12.4 Å². The molecule has 0 amide bonds. The number of benzene rings is 2. The Labute approximate surface area is 177 Å². The second kappa shape index (κ2) is 9.34. The lowest BCUT2D eigenvalue weighted by atomic mass is 9.95. The maximum Gasteiger partial charge on any atom is 0.0491 e. The summed E-state index contributed by atoms with van der Waals surface area (Å²) in [5, 5.41) is 6.48. The topological polar surface area (TPSA) is 17.0 Å². The molecule has 2 nitrogen and oxygen atoms in total. The molecule has 0 radical (unpaired) electrons. The van der Waals surface area contributed by atoms with E-state index in [0.717, 1.165) is 23.7 Å². The third kappa shape index (κ3) is 4.81. The van der Waals surface area contributed by atoms with Gasteiger partial charge < -0.3 is 9.88 Å². The van der Waals surface area contributed by atoms with E-state index in [1.807, 2.05) is 18.2 Å². The number of rotatable bonds is 5. The molecule has 0 aliphatic heterocycles. The van der Waals surface area contributed by atoms with Crippen LogP contribution in [0.1, 0.15) is 43.2 Å². The van der Waals surface area contributed by atoms with Crippen molar-refractivity contribution >= 4 is 46.5 Å². The SMILES string of the molecule is Cl.Clc1ccc(Cn2cc(CNC3CCCCC3)c3ccccc32)c(Cl)c1. The summed E-state index contributed by atoms with van der Waals surface area (Å²) < 4.78 is 2.29. The molecular formula is C22H25Cl3N2. The van der Waals surface area contributed by atoms with Crippen molar-refractivity contribution in [3.05, 3.63) is 69.8 Å². The first-order valence-corrected chi connectivity index (χ1v) is 10.2. The minimum Gasteiger partial charge on any atom is -0.343 e. The van der Waals surface area contributed by atoms with Crippen LogP contribution in [0.3, 0.4) is 0 Å². The quantitative estimate of drug-likeness (QED) is 0.475. The second-order valence-electron chi connectivity index (χ2n) is 7.25. The number of halogens is 3. The van der Waals surface area contributed by atoms with Gasteiger partial charge in [-0.25, -0.2) is 0 Å². The third-order valence-electron chi connectivity index (χ3n) is 5.41. The molecule has 0 atom stereocenters. The Balaban J connectivity index is 0.00000210. The smallest absolute Gasteiger partial charge is 0.0491 e. The van der Waals surface area contributed by atoms with Crippen LogP contribution in [0.25, 0.3) is 10.9 Å². The summed E-state index contributed by atoms with van der Waals surface area (Å²) in [6.07, 6.45) is 8.98. The van der Waals surface area contributed by atoms with Crippen molar-refractivity contribution in [1.82, 2.24) is 9.88 Å². The van der Waals surface area contributed by atoms with E-state index in [4.69, 9.17) is 23.2 Å². The molecule has 1 aromatic heterocycles. The Hall–Kier alpha value is -1.19. The fraction of sp³-hybridized carbons (Fsp3) is 0.364. The molecule has 0 bridgehead atoms. The minimum absolute atomic E-state index is 0. The van der Waals surface area contributed by atoms with Gasteiger partial charge in [-0.2, -0.15) is 0 Å². The fourth-order valence-corrected chi connectivity index (χ4v) is 4.46. The lowest BCUT2D eigenvalue weighted by molar-refractivity contribution is 0.372. The van der Waals surface area contributed by atoms with Crippen LogP contribution in [0.4, 0.5) is 0 Å². The predicted octanol–water partition coefficient (Wildman–Crippen LogP) is 6.84. The molecule has 4 rings (SSSR count). The summed E-state index contributed by atoms with van der Waals surface area (Å²) >= 11 is 12.4. The zero-order valence-electron chi connectivity index (χ0n) is 15.3. The minimum atomic E-state index is 0. The van der Waals surface area contributed by atoms with Crippen molar-refractivity contribution in [3.8, 4) is 0 Å². The average molecular weight is 424 g/mol. The Bertz CT molecular complexity index is 898. The number of hydrogen-bond donors (Lipinski definition) is 1. The van der Waals surface area contributed by atoms with Gasteiger partial charge in [-0.1, -0.05) is 66.7 Å². The van der Waals surface area contributed by atoms with Crippen LogP contribution in [-0.2, 0) is 13.1 Å². The zero-order chi connectivity index (χ0) is 17.9. The van der Waals surface area contributed by atoms with Gasteiger partial charge in [0.15, 0.2) is 0 Å². The van der Waals surface area contributed by atoms with Gasteiger partial charge in [0.1, 0.15) is 0 Å². The number of nitrogens with zero attached hydrogens (tertiary/aromatic N) is 1. The van der Waals surface area contributed by atoms with Crippen molar-refractivity contribution in [2.75, 3.05) is 0 Å². The zero-order valence-corrected chi connectivity index (χ0v) is 17.6. The maximum absolute atomic E-state index is 6.39. The highest BCUT2D eigenvalue weighted by Crippen LogP contribution is 2.27. The molecule has 27 heavy (non-hydrogen) atoms.